The van der Waals surface area contributed by atoms with Gasteiger partial charge < -0.3 is 5.32 Å². The Hall–Kier alpha value is -2.81. The molecule has 3 nitrogen and oxygen atoms in total. The molecule has 25 heavy (non-hydrogen) atoms. The van der Waals surface area contributed by atoms with Crippen LogP contribution in [-0.4, -0.2) is 11.6 Å². The number of rotatable bonds is 5. The van der Waals surface area contributed by atoms with Gasteiger partial charge in [-0.05, 0) is 55.7 Å². The lowest BCUT2D eigenvalue weighted by Gasteiger charge is -2.07. The van der Waals surface area contributed by atoms with Crippen LogP contribution in [0.4, 0.5) is 5.82 Å². The predicted octanol–water partition coefficient (Wildman–Crippen LogP) is 5.01. The second-order valence-electron chi connectivity index (χ2n) is 6.54. The van der Waals surface area contributed by atoms with E-state index in [2.05, 4.69) is 96.7 Å². The fourth-order valence-electron chi connectivity index (χ4n) is 3.27. The van der Waals surface area contributed by atoms with Crippen molar-refractivity contribution in [3.05, 3.63) is 72.7 Å². The topological polar surface area (TPSA) is 20.8 Å². The van der Waals surface area contributed by atoms with Crippen molar-refractivity contribution in [2.24, 2.45) is 0 Å². The predicted molar refractivity (Wildman–Crippen MR) is 106 cm³/mol. The van der Waals surface area contributed by atoms with Gasteiger partial charge in [0, 0.05) is 7.05 Å². The van der Waals surface area contributed by atoms with E-state index in [1.54, 1.807) is 0 Å². The summed E-state index contributed by atoms with van der Waals surface area (Å²) in [6.45, 7) is 10.5. The van der Waals surface area contributed by atoms with Crippen molar-refractivity contribution in [3.63, 3.8) is 0 Å². The highest BCUT2D eigenvalue weighted by Crippen LogP contribution is 2.27. The Morgan fingerprint density at radius 3 is 2.52 bits per heavy atom. The van der Waals surface area contributed by atoms with Crippen LogP contribution in [0.1, 0.15) is 31.1 Å². The number of imidazole rings is 1. The molecule has 3 heteroatoms. The molecule has 0 radical (unpaired) electrons. The normalized spacial score (nSPS) is 10.9. The van der Waals surface area contributed by atoms with Crippen LogP contribution in [0, 0.1) is 6.92 Å². The maximum absolute atomic E-state index is 3.99. The van der Waals surface area contributed by atoms with Crippen LogP contribution >= 0.6 is 0 Å². The molecule has 1 heterocycles. The van der Waals surface area contributed by atoms with Gasteiger partial charge in [0.05, 0.1) is 6.04 Å². The number of aryl methyl sites for hydroxylation is 1. The summed E-state index contributed by atoms with van der Waals surface area (Å²) in [4.78, 5) is 0. The molecule has 3 aromatic rings. The van der Waals surface area contributed by atoms with Gasteiger partial charge >= 0.3 is 0 Å². The number of aromatic nitrogens is 2. The molecule has 3 rings (SSSR count). The zero-order valence-electron chi connectivity index (χ0n) is 15.5. The van der Waals surface area contributed by atoms with Gasteiger partial charge in [-0.15, -0.1) is 0 Å². The number of hydrogen-bond donors (Lipinski definition) is 1. The maximum Gasteiger partial charge on any atom is 0.251 e. The summed E-state index contributed by atoms with van der Waals surface area (Å²) in [5.41, 5.74) is 6.00. The monoisotopic (exact) mass is 332 g/mol. The van der Waals surface area contributed by atoms with Crippen LogP contribution < -0.4 is 9.88 Å². The molecule has 0 atom stereocenters. The Balaban J connectivity index is 2.17. The van der Waals surface area contributed by atoms with Crippen molar-refractivity contribution in [2.45, 2.75) is 26.8 Å². The van der Waals surface area contributed by atoms with Crippen molar-refractivity contribution in [1.82, 2.24) is 4.57 Å². The molecule has 0 amide bonds. The highest BCUT2D eigenvalue weighted by Gasteiger charge is 2.23. The third kappa shape index (κ3) is 3.10. The summed E-state index contributed by atoms with van der Waals surface area (Å²) >= 11 is 0. The number of hydrogen-bond acceptors (Lipinski definition) is 1. The van der Waals surface area contributed by atoms with Gasteiger partial charge in [0.1, 0.15) is 5.69 Å². The van der Waals surface area contributed by atoms with Gasteiger partial charge in [0.2, 0.25) is 5.82 Å². The molecule has 0 unspecified atom stereocenters. The number of nitrogens with one attached hydrogen (secondary N) is 1. The minimum Gasteiger partial charge on any atom is -0.352 e. The molecular weight excluding hydrogens is 306 g/mol. The van der Waals surface area contributed by atoms with Crippen molar-refractivity contribution in [1.29, 1.82) is 0 Å². The van der Waals surface area contributed by atoms with E-state index in [1.807, 2.05) is 13.1 Å². The lowest BCUT2D eigenvalue weighted by atomic mass is 10.0. The summed E-state index contributed by atoms with van der Waals surface area (Å²) in [5.74, 6) is 1.05. The van der Waals surface area contributed by atoms with E-state index in [9.17, 15) is 0 Å². The summed E-state index contributed by atoms with van der Waals surface area (Å²) in [6, 6.07) is 17.5. The SMILES string of the molecule is C=Cc1c(NC)n(-c2cccc(-c3ccccc3C)c2)c[n+]1C(C)C. The quantitative estimate of drug-likeness (QED) is 0.652. The highest BCUT2D eigenvalue weighted by molar-refractivity contribution is 5.70. The molecule has 0 aliphatic carbocycles. The fourth-order valence-corrected chi connectivity index (χ4v) is 3.27. The van der Waals surface area contributed by atoms with Gasteiger partial charge in [0.15, 0.2) is 5.69 Å². The molecule has 128 valence electrons. The van der Waals surface area contributed by atoms with Gasteiger partial charge in [-0.3, -0.25) is 0 Å². The first-order chi connectivity index (χ1) is 12.1. The van der Waals surface area contributed by atoms with Crippen LogP contribution in [0.15, 0.2) is 61.4 Å². The lowest BCUT2D eigenvalue weighted by Crippen LogP contribution is -2.37. The van der Waals surface area contributed by atoms with Gasteiger partial charge in [-0.2, -0.15) is 4.57 Å². The number of nitrogens with zero attached hydrogens (tertiary/aromatic N) is 2. The molecule has 0 aliphatic heterocycles. The zero-order chi connectivity index (χ0) is 18.0. The molecule has 0 saturated heterocycles. The molecule has 1 N–H and O–H groups in total. The van der Waals surface area contributed by atoms with Crippen molar-refractivity contribution < 1.29 is 4.57 Å². The Labute approximate surface area is 150 Å². The number of anilines is 1. The molecule has 1 aromatic heterocycles. The molecule has 2 aromatic carbocycles. The summed E-state index contributed by atoms with van der Waals surface area (Å²) in [6.07, 6.45) is 4.05. The van der Waals surface area contributed by atoms with Crippen LogP contribution in [0.3, 0.4) is 0 Å². The molecular formula is C22H26N3+. The first-order valence-corrected chi connectivity index (χ1v) is 8.70. The van der Waals surface area contributed by atoms with Gasteiger partial charge in [-0.25, -0.2) is 4.57 Å². The van der Waals surface area contributed by atoms with Crippen LogP contribution in [0.5, 0.6) is 0 Å². The van der Waals surface area contributed by atoms with E-state index in [0.29, 0.717) is 6.04 Å². The van der Waals surface area contributed by atoms with Gasteiger partial charge in [0.25, 0.3) is 6.33 Å². The molecule has 0 aliphatic rings. The van der Waals surface area contributed by atoms with Crippen molar-refractivity contribution in [3.8, 4) is 16.8 Å². The number of benzene rings is 2. The average molecular weight is 332 g/mol. The van der Waals surface area contributed by atoms with Gasteiger partial charge in [-0.1, -0.05) is 43.0 Å². The Bertz CT molecular complexity index is 903. The molecule has 0 bridgehead atoms. The fraction of sp³-hybridized carbons (Fsp3) is 0.227. The van der Waals surface area contributed by atoms with E-state index in [-0.39, 0.29) is 0 Å². The highest BCUT2D eigenvalue weighted by atomic mass is 15.2. The molecule has 0 spiro atoms. The summed E-state index contributed by atoms with van der Waals surface area (Å²) in [7, 11) is 1.95. The Morgan fingerprint density at radius 1 is 1.12 bits per heavy atom. The Kier molecular flexibility index (Phi) is 4.75. The summed E-state index contributed by atoms with van der Waals surface area (Å²) in [5, 5.41) is 3.33. The van der Waals surface area contributed by atoms with E-state index in [1.165, 1.54) is 16.7 Å². The average Bonchev–Trinajstić information content (AvgIpc) is 3.01. The maximum atomic E-state index is 3.99. The molecule has 0 saturated carbocycles. The van der Waals surface area contributed by atoms with Crippen LogP contribution in [-0.2, 0) is 0 Å². The zero-order valence-corrected chi connectivity index (χ0v) is 15.5. The smallest absolute Gasteiger partial charge is 0.251 e. The second-order valence-corrected chi connectivity index (χ2v) is 6.54. The standard InChI is InChI=1S/C22H26N3/c1-6-21-22(23-5)25(15-24(21)16(2)3)19-12-9-11-18(14-19)20-13-8-7-10-17(20)4/h6-16,23H,1H2,2-5H3/q+1. The minimum atomic E-state index is 0.362. The van der Waals surface area contributed by atoms with Crippen LogP contribution in [0.2, 0.25) is 0 Å². The van der Waals surface area contributed by atoms with E-state index in [0.717, 1.165) is 17.2 Å². The van der Waals surface area contributed by atoms with E-state index in [4.69, 9.17) is 0 Å². The van der Waals surface area contributed by atoms with E-state index >= 15 is 0 Å². The third-order valence-electron chi connectivity index (χ3n) is 4.57. The lowest BCUT2D eigenvalue weighted by molar-refractivity contribution is -0.716. The molecule has 0 fully saturated rings. The van der Waals surface area contributed by atoms with Crippen LogP contribution in [0.25, 0.3) is 22.9 Å². The minimum absolute atomic E-state index is 0.362. The van der Waals surface area contributed by atoms with Crippen molar-refractivity contribution >= 4 is 11.9 Å². The van der Waals surface area contributed by atoms with E-state index < -0.39 is 0 Å². The first-order valence-electron chi connectivity index (χ1n) is 8.70. The second kappa shape index (κ2) is 6.98. The third-order valence-corrected chi connectivity index (χ3v) is 4.57. The first kappa shape index (κ1) is 17.0. The summed E-state index contributed by atoms with van der Waals surface area (Å²) < 4.78 is 4.43. The van der Waals surface area contributed by atoms with Crippen molar-refractivity contribution in [2.75, 3.05) is 12.4 Å². The largest absolute Gasteiger partial charge is 0.352 e. The Morgan fingerprint density at radius 2 is 1.88 bits per heavy atom.